The summed E-state index contributed by atoms with van der Waals surface area (Å²) < 4.78 is 0. The third-order valence-electron chi connectivity index (χ3n) is 3.29. The average molecular weight is 241 g/mol. The Balaban J connectivity index is 2.40. The number of carbonyl (C=O) groups is 1. The number of nitrogens with zero attached hydrogens (tertiary/aromatic N) is 1. The lowest BCUT2D eigenvalue weighted by molar-refractivity contribution is -0.121. The number of allylic oxidation sites excluding steroid dienone is 1. The van der Waals surface area contributed by atoms with Crippen molar-refractivity contribution >= 4 is 11.6 Å². The number of amides is 1. The summed E-state index contributed by atoms with van der Waals surface area (Å²) in [5.74, 6) is 0.126. The van der Waals surface area contributed by atoms with Crippen LogP contribution in [0.5, 0.6) is 0 Å². The van der Waals surface area contributed by atoms with E-state index in [9.17, 15) is 4.79 Å². The molecule has 0 saturated carbocycles. The van der Waals surface area contributed by atoms with Crippen LogP contribution in [0.3, 0.4) is 0 Å². The molecule has 0 radical (unpaired) electrons. The molecule has 1 saturated heterocycles. The van der Waals surface area contributed by atoms with Crippen molar-refractivity contribution in [3.05, 3.63) is 47.8 Å². The molecule has 0 atom stereocenters. The second-order valence-corrected chi connectivity index (χ2v) is 5.71. The summed E-state index contributed by atoms with van der Waals surface area (Å²) in [5.41, 5.74) is 5.90. The Labute approximate surface area is 109 Å². The minimum absolute atomic E-state index is 0.00168. The summed E-state index contributed by atoms with van der Waals surface area (Å²) >= 11 is 0. The predicted octanol–water partition coefficient (Wildman–Crippen LogP) is 3.82. The molecule has 0 N–H and O–H groups in total. The number of anilines is 1. The van der Waals surface area contributed by atoms with Crippen LogP contribution in [0.25, 0.3) is 0 Å². The molecule has 0 aliphatic carbocycles. The van der Waals surface area contributed by atoms with Gasteiger partial charge in [0.25, 0.3) is 0 Å². The number of hydrogen-bond acceptors (Lipinski definition) is 1. The van der Waals surface area contributed by atoms with Gasteiger partial charge >= 0.3 is 0 Å². The van der Waals surface area contributed by atoms with Gasteiger partial charge in [0.1, 0.15) is 0 Å². The average Bonchev–Trinajstić information content (AvgIpc) is 2.29. The monoisotopic (exact) mass is 241 g/mol. The highest BCUT2D eigenvalue weighted by Crippen LogP contribution is 2.38. The van der Waals surface area contributed by atoms with Crippen LogP contribution in [-0.2, 0) is 4.79 Å². The van der Waals surface area contributed by atoms with E-state index in [1.807, 2.05) is 31.2 Å². The lowest BCUT2D eigenvalue weighted by Gasteiger charge is -2.37. The van der Waals surface area contributed by atoms with E-state index in [2.05, 4.69) is 26.2 Å². The summed E-state index contributed by atoms with van der Waals surface area (Å²) in [6.45, 7) is 9.97. The van der Waals surface area contributed by atoms with E-state index in [0.717, 1.165) is 17.8 Å². The van der Waals surface area contributed by atoms with Gasteiger partial charge < -0.3 is 0 Å². The highest BCUT2D eigenvalue weighted by Gasteiger charge is 2.35. The molecule has 2 nitrogen and oxygen atoms in total. The van der Waals surface area contributed by atoms with Crippen molar-refractivity contribution in [2.75, 3.05) is 4.90 Å². The molecule has 2 rings (SSSR count). The first-order valence-corrected chi connectivity index (χ1v) is 6.21. The number of rotatable bonds is 1. The molecule has 1 amide bonds. The second kappa shape index (κ2) is 4.47. The van der Waals surface area contributed by atoms with Crippen molar-refractivity contribution < 1.29 is 4.79 Å². The Bertz CT molecular complexity index is 519. The maximum atomic E-state index is 12.3. The van der Waals surface area contributed by atoms with E-state index >= 15 is 0 Å². The van der Waals surface area contributed by atoms with Crippen LogP contribution in [-0.4, -0.2) is 5.91 Å². The number of aryl methyl sites for hydroxylation is 1. The van der Waals surface area contributed by atoms with Gasteiger partial charge in [0.2, 0.25) is 5.91 Å². The van der Waals surface area contributed by atoms with Crippen LogP contribution in [0.1, 0.15) is 32.3 Å². The van der Waals surface area contributed by atoms with Crippen LogP contribution in [0, 0.1) is 12.3 Å². The molecule has 0 spiro atoms. The number of benzene rings is 1. The van der Waals surface area contributed by atoms with Crippen molar-refractivity contribution in [1.82, 2.24) is 0 Å². The second-order valence-electron chi connectivity index (χ2n) is 5.71. The summed E-state index contributed by atoms with van der Waals surface area (Å²) in [4.78, 5) is 14.0. The molecule has 1 heterocycles. The van der Waals surface area contributed by atoms with Gasteiger partial charge in [-0.1, -0.05) is 38.1 Å². The number of carbonyl (C=O) groups excluding carboxylic acids is 1. The quantitative estimate of drug-likeness (QED) is 0.684. The van der Waals surface area contributed by atoms with Gasteiger partial charge in [0.15, 0.2) is 0 Å². The largest absolute Gasteiger partial charge is 0.278 e. The Hall–Kier alpha value is -1.79. The smallest absolute Gasteiger partial charge is 0.232 e. The molecule has 0 bridgehead atoms. The van der Waals surface area contributed by atoms with Gasteiger partial charge in [-0.3, -0.25) is 9.69 Å². The molecule has 1 aromatic rings. The molecule has 1 fully saturated rings. The summed E-state index contributed by atoms with van der Waals surface area (Å²) in [7, 11) is 0. The molecule has 0 unspecified atom stereocenters. The van der Waals surface area contributed by atoms with Gasteiger partial charge in [0.05, 0.1) is 5.70 Å². The molecule has 1 aliphatic rings. The van der Waals surface area contributed by atoms with Crippen molar-refractivity contribution in [1.29, 1.82) is 0 Å². The predicted molar refractivity (Wildman–Crippen MR) is 74.3 cm³/mol. The SMILES string of the molecule is C=C=C1CC(C)(C)CC(=O)N1c1ccc(C)cc1. The Kier molecular flexibility index (Phi) is 3.14. The molecule has 1 aromatic carbocycles. The Morgan fingerprint density at radius 2 is 1.83 bits per heavy atom. The topological polar surface area (TPSA) is 20.3 Å². The van der Waals surface area contributed by atoms with E-state index in [1.165, 1.54) is 5.56 Å². The highest BCUT2D eigenvalue weighted by molar-refractivity contribution is 5.97. The molecule has 0 aromatic heterocycles. The molecular weight excluding hydrogens is 222 g/mol. The zero-order chi connectivity index (χ0) is 13.3. The summed E-state index contributed by atoms with van der Waals surface area (Å²) in [6.07, 6.45) is 1.39. The zero-order valence-electron chi connectivity index (χ0n) is 11.3. The van der Waals surface area contributed by atoms with E-state index in [4.69, 9.17) is 0 Å². The van der Waals surface area contributed by atoms with Crippen molar-refractivity contribution in [2.45, 2.75) is 33.6 Å². The van der Waals surface area contributed by atoms with Crippen molar-refractivity contribution in [3.8, 4) is 0 Å². The van der Waals surface area contributed by atoms with E-state index in [0.29, 0.717) is 6.42 Å². The van der Waals surface area contributed by atoms with Crippen LogP contribution in [0.2, 0.25) is 0 Å². The van der Waals surface area contributed by atoms with Crippen LogP contribution < -0.4 is 4.90 Å². The molecule has 2 heteroatoms. The van der Waals surface area contributed by atoms with Crippen LogP contribution >= 0.6 is 0 Å². The van der Waals surface area contributed by atoms with Gasteiger partial charge in [0, 0.05) is 18.5 Å². The normalized spacial score (nSPS) is 18.7. The minimum Gasteiger partial charge on any atom is -0.278 e. The first kappa shape index (κ1) is 12.7. The third kappa shape index (κ3) is 2.39. The van der Waals surface area contributed by atoms with Crippen LogP contribution in [0.15, 0.2) is 42.3 Å². The van der Waals surface area contributed by atoms with Crippen molar-refractivity contribution in [3.63, 3.8) is 0 Å². The lowest BCUT2D eigenvalue weighted by atomic mass is 9.80. The maximum Gasteiger partial charge on any atom is 0.232 e. The Morgan fingerprint density at radius 1 is 1.22 bits per heavy atom. The standard InChI is InChI=1S/C16H19NO/c1-5-13-10-16(3,4)11-15(18)17(13)14-8-6-12(2)7-9-14/h6-9H,1,10-11H2,2-4H3. The van der Waals surface area contributed by atoms with Gasteiger partial charge in [-0.25, -0.2) is 0 Å². The van der Waals surface area contributed by atoms with E-state index in [-0.39, 0.29) is 11.3 Å². The lowest BCUT2D eigenvalue weighted by Crippen LogP contribution is -2.40. The fourth-order valence-corrected chi connectivity index (χ4v) is 2.37. The Morgan fingerprint density at radius 3 is 2.39 bits per heavy atom. The molecule has 18 heavy (non-hydrogen) atoms. The molecule has 1 aliphatic heterocycles. The summed E-state index contributed by atoms with van der Waals surface area (Å²) in [6, 6.07) is 7.98. The van der Waals surface area contributed by atoms with Crippen LogP contribution in [0.4, 0.5) is 5.69 Å². The summed E-state index contributed by atoms with van der Waals surface area (Å²) in [5, 5.41) is 0. The zero-order valence-corrected chi connectivity index (χ0v) is 11.3. The molecule has 94 valence electrons. The van der Waals surface area contributed by atoms with E-state index in [1.54, 1.807) is 4.90 Å². The fraction of sp³-hybridized carbons (Fsp3) is 0.375. The van der Waals surface area contributed by atoms with Crippen molar-refractivity contribution in [2.24, 2.45) is 5.41 Å². The molecular formula is C16H19NO. The number of piperidine rings is 1. The van der Waals surface area contributed by atoms with Gasteiger partial charge in [-0.2, -0.15) is 0 Å². The fourth-order valence-electron chi connectivity index (χ4n) is 2.37. The van der Waals surface area contributed by atoms with E-state index < -0.39 is 0 Å². The number of hydrogen-bond donors (Lipinski definition) is 0. The third-order valence-corrected chi connectivity index (χ3v) is 3.29. The maximum absolute atomic E-state index is 12.3. The first-order chi connectivity index (χ1) is 8.43. The highest BCUT2D eigenvalue weighted by atomic mass is 16.2. The minimum atomic E-state index is -0.00168. The first-order valence-electron chi connectivity index (χ1n) is 6.21. The van der Waals surface area contributed by atoms with Gasteiger partial charge in [-0.15, -0.1) is 5.73 Å². The van der Waals surface area contributed by atoms with Gasteiger partial charge in [-0.05, 0) is 24.5 Å².